The molecule has 0 saturated carbocycles. The molecule has 20 heavy (non-hydrogen) atoms. The summed E-state index contributed by atoms with van der Waals surface area (Å²) in [6.45, 7) is 0.327. The van der Waals surface area contributed by atoms with Crippen molar-refractivity contribution in [1.82, 2.24) is 9.88 Å². The summed E-state index contributed by atoms with van der Waals surface area (Å²) >= 11 is 11.7. The van der Waals surface area contributed by atoms with Crippen molar-refractivity contribution < 1.29 is 9.18 Å². The fourth-order valence-corrected chi connectivity index (χ4v) is 2.03. The highest BCUT2D eigenvalue weighted by Gasteiger charge is 2.14. The van der Waals surface area contributed by atoms with Gasteiger partial charge in [0.15, 0.2) is 0 Å². The first-order valence-electron chi connectivity index (χ1n) is 5.79. The van der Waals surface area contributed by atoms with E-state index in [1.165, 1.54) is 23.1 Å². The summed E-state index contributed by atoms with van der Waals surface area (Å²) in [7, 11) is 1.61. The molecule has 0 N–H and O–H groups in total. The molecular weight excluding hydrogens is 302 g/mol. The molecule has 3 nitrogen and oxygen atoms in total. The van der Waals surface area contributed by atoms with Crippen LogP contribution < -0.4 is 0 Å². The quantitative estimate of drug-likeness (QED) is 0.808. The Morgan fingerprint density at radius 1 is 1.25 bits per heavy atom. The van der Waals surface area contributed by atoms with Crippen molar-refractivity contribution in [3.05, 3.63) is 63.6 Å². The van der Waals surface area contributed by atoms with Gasteiger partial charge in [-0.1, -0.05) is 35.3 Å². The molecule has 0 aliphatic carbocycles. The first-order valence-corrected chi connectivity index (χ1v) is 6.55. The topological polar surface area (TPSA) is 33.2 Å². The molecule has 0 spiro atoms. The minimum Gasteiger partial charge on any atom is -0.336 e. The van der Waals surface area contributed by atoms with E-state index < -0.39 is 5.95 Å². The fraction of sp³-hybridized carbons (Fsp3) is 0.143. The normalized spacial score (nSPS) is 10.4. The Bertz CT molecular complexity index is 649. The lowest BCUT2D eigenvalue weighted by Crippen LogP contribution is -2.27. The summed E-state index contributed by atoms with van der Waals surface area (Å²) in [4.78, 5) is 17.1. The number of hydrogen-bond donors (Lipinski definition) is 0. The van der Waals surface area contributed by atoms with Crippen LogP contribution in [0.15, 0.2) is 36.4 Å². The van der Waals surface area contributed by atoms with Gasteiger partial charge in [-0.3, -0.25) is 4.79 Å². The standard InChI is InChI=1S/C14H11Cl2FN2O/c1-19(8-9-5-6-10(15)11(16)7-9)14(20)12-3-2-4-13(17)18-12/h2-7H,8H2,1H3. The van der Waals surface area contributed by atoms with Crippen LogP contribution in [-0.4, -0.2) is 22.8 Å². The van der Waals surface area contributed by atoms with Gasteiger partial charge in [0.2, 0.25) is 5.95 Å². The Morgan fingerprint density at radius 3 is 2.65 bits per heavy atom. The van der Waals surface area contributed by atoms with Crippen LogP contribution in [0.1, 0.15) is 16.1 Å². The largest absolute Gasteiger partial charge is 0.336 e. The molecule has 0 atom stereocenters. The van der Waals surface area contributed by atoms with Crippen LogP contribution in [-0.2, 0) is 6.54 Å². The lowest BCUT2D eigenvalue weighted by molar-refractivity contribution is 0.0778. The average Bonchev–Trinajstić information content (AvgIpc) is 2.42. The van der Waals surface area contributed by atoms with E-state index in [-0.39, 0.29) is 11.6 Å². The number of benzene rings is 1. The number of pyridine rings is 1. The van der Waals surface area contributed by atoms with Gasteiger partial charge in [0, 0.05) is 13.6 Å². The van der Waals surface area contributed by atoms with Gasteiger partial charge in [-0.25, -0.2) is 4.98 Å². The summed E-state index contributed by atoms with van der Waals surface area (Å²) in [6.07, 6.45) is 0. The number of hydrogen-bond acceptors (Lipinski definition) is 2. The monoisotopic (exact) mass is 312 g/mol. The van der Waals surface area contributed by atoms with E-state index in [1.807, 2.05) is 0 Å². The third-order valence-electron chi connectivity index (χ3n) is 2.68. The molecule has 1 amide bonds. The third-order valence-corrected chi connectivity index (χ3v) is 3.42. The Balaban J connectivity index is 2.13. The van der Waals surface area contributed by atoms with Crippen molar-refractivity contribution in [1.29, 1.82) is 0 Å². The maximum Gasteiger partial charge on any atom is 0.272 e. The predicted octanol–water partition coefficient (Wildman–Crippen LogP) is 3.80. The fourth-order valence-electron chi connectivity index (χ4n) is 1.71. The van der Waals surface area contributed by atoms with Crippen LogP contribution in [0.5, 0.6) is 0 Å². The van der Waals surface area contributed by atoms with Crippen molar-refractivity contribution >= 4 is 29.1 Å². The minimum atomic E-state index is -0.682. The zero-order valence-corrected chi connectivity index (χ0v) is 12.1. The molecule has 1 aromatic heterocycles. The molecule has 0 unspecified atom stereocenters. The van der Waals surface area contributed by atoms with E-state index in [2.05, 4.69) is 4.98 Å². The Hall–Kier alpha value is -1.65. The molecule has 0 radical (unpaired) electrons. The Kier molecular flexibility index (Phi) is 4.57. The maximum atomic E-state index is 13.0. The third kappa shape index (κ3) is 3.46. The number of amides is 1. The first-order chi connectivity index (χ1) is 9.47. The van der Waals surface area contributed by atoms with Gasteiger partial charge in [0.25, 0.3) is 5.91 Å². The first kappa shape index (κ1) is 14.8. The second-order valence-corrected chi connectivity index (χ2v) is 5.07. The number of rotatable bonds is 3. The number of aromatic nitrogens is 1. The van der Waals surface area contributed by atoms with Gasteiger partial charge in [-0.2, -0.15) is 4.39 Å². The molecule has 1 heterocycles. The Labute approximate surface area is 125 Å². The van der Waals surface area contributed by atoms with Gasteiger partial charge in [-0.05, 0) is 29.8 Å². The van der Waals surface area contributed by atoms with E-state index in [1.54, 1.807) is 25.2 Å². The molecule has 0 aliphatic rings. The molecule has 104 valence electrons. The molecule has 1 aromatic carbocycles. The minimum absolute atomic E-state index is 0.0626. The van der Waals surface area contributed by atoms with Gasteiger partial charge in [0.1, 0.15) is 5.69 Å². The summed E-state index contributed by atoms with van der Waals surface area (Å²) in [5.41, 5.74) is 0.888. The van der Waals surface area contributed by atoms with Crippen LogP contribution in [0.25, 0.3) is 0 Å². The second-order valence-electron chi connectivity index (χ2n) is 4.26. The lowest BCUT2D eigenvalue weighted by Gasteiger charge is -2.17. The van der Waals surface area contributed by atoms with Crippen molar-refractivity contribution in [3.63, 3.8) is 0 Å². The molecule has 2 rings (SSSR count). The summed E-state index contributed by atoms with van der Waals surface area (Å²) in [6, 6.07) is 9.23. The van der Waals surface area contributed by atoms with Gasteiger partial charge in [-0.15, -0.1) is 0 Å². The van der Waals surface area contributed by atoms with Crippen LogP contribution in [0.2, 0.25) is 10.0 Å². The number of halogens is 3. The highest BCUT2D eigenvalue weighted by atomic mass is 35.5. The zero-order chi connectivity index (χ0) is 14.7. The highest BCUT2D eigenvalue weighted by molar-refractivity contribution is 6.42. The van der Waals surface area contributed by atoms with E-state index in [9.17, 15) is 9.18 Å². The molecule has 0 fully saturated rings. The van der Waals surface area contributed by atoms with Crippen LogP contribution in [0, 0.1) is 5.95 Å². The smallest absolute Gasteiger partial charge is 0.272 e. The van der Waals surface area contributed by atoms with E-state index in [0.717, 1.165) is 5.56 Å². The van der Waals surface area contributed by atoms with Crippen LogP contribution >= 0.6 is 23.2 Å². The Morgan fingerprint density at radius 2 is 2.00 bits per heavy atom. The summed E-state index contributed by atoms with van der Waals surface area (Å²) in [5.74, 6) is -1.05. The molecule has 0 saturated heterocycles. The summed E-state index contributed by atoms with van der Waals surface area (Å²) < 4.78 is 13.0. The van der Waals surface area contributed by atoms with E-state index >= 15 is 0 Å². The van der Waals surface area contributed by atoms with Crippen molar-refractivity contribution in [3.8, 4) is 0 Å². The molecule has 0 aliphatic heterocycles. The van der Waals surface area contributed by atoms with Crippen molar-refractivity contribution in [2.45, 2.75) is 6.54 Å². The van der Waals surface area contributed by atoms with Gasteiger partial charge in [0.05, 0.1) is 10.0 Å². The average molecular weight is 313 g/mol. The van der Waals surface area contributed by atoms with Crippen LogP contribution in [0.3, 0.4) is 0 Å². The summed E-state index contributed by atoms with van der Waals surface area (Å²) in [5, 5.41) is 0.880. The van der Waals surface area contributed by atoms with Gasteiger partial charge >= 0.3 is 0 Å². The maximum absolute atomic E-state index is 13.0. The second kappa shape index (κ2) is 6.20. The number of carbonyl (C=O) groups is 1. The molecule has 6 heteroatoms. The zero-order valence-electron chi connectivity index (χ0n) is 10.6. The van der Waals surface area contributed by atoms with Crippen molar-refractivity contribution in [2.75, 3.05) is 7.05 Å². The van der Waals surface area contributed by atoms with Crippen LogP contribution in [0.4, 0.5) is 4.39 Å². The van der Waals surface area contributed by atoms with Gasteiger partial charge < -0.3 is 4.90 Å². The molecule has 2 aromatic rings. The number of carbonyl (C=O) groups excluding carboxylic acids is 1. The lowest BCUT2D eigenvalue weighted by atomic mass is 10.2. The predicted molar refractivity (Wildman–Crippen MR) is 76.5 cm³/mol. The highest BCUT2D eigenvalue weighted by Crippen LogP contribution is 2.23. The molecule has 0 bridgehead atoms. The SMILES string of the molecule is CN(Cc1ccc(Cl)c(Cl)c1)C(=O)c1cccc(F)n1. The molecular formula is C14H11Cl2FN2O. The van der Waals surface area contributed by atoms with Crippen molar-refractivity contribution in [2.24, 2.45) is 0 Å². The van der Waals surface area contributed by atoms with E-state index in [0.29, 0.717) is 16.6 Å². The number of nitrogens with zero attached hydrogens (tertiary/aromatic N) is 2. The van der Waals surface area contributed by atoms with E-state index in [4.69, 9.17) is 23.2 Å².